The Morgan fingerprint density at radius 2 is 0.365 bits per heavy atom. The third-order valence-corrected chi connectivity index (χ3v) is 16.0. The number of hydrogen-bond acceptors (Lipinski definition) is 2. The van der Waals surface area contributed by atoms with Crippen molar-refractivity contribution in [2.45, 2.75) is 0 Å². The fraction of sp³-hybridized carbons (Fsp3) is 0. The molecule has 0 amide bonds. The van der Waals surface area contributed by atoms with Gasteiger partial charge in [-0.1, -0.05) is 231 Å². The summed E-state index contributed by atoms with van der Waals surface area (Å²) < 4.78 is 0. The maximum atomic E-state index is 2.62. The van der Waals surface area contributed by atoms with Crippen LogP contribution in [-0.2, 0) is 0 Å². The molecule has 16 rings (SSSR count). The molecule has 74 heavy (non-hydrogen) atoms. The van der Waals surface area contributed by atoms with Crippen LogP contribution in [0.3, 0.4) is 0 Å². The van der Waals surface area contributed by atoms with Crippen LogP contribution in [0.15, 0.2) is 267 Å². The lowest BCUT2D eigenvalue weighted by Crippen LogP contribution is -2.14. The van der Waals surface area contributed by atoms with E-state index in [1.807, 2.05) is 0 Å². The Morgan fingerprint density at radius 3 is 0.595 bits per heavy atom. The zero-order chi connectivity index (χ0) is 48.4. The number of rotatable bonds is 6. The molecule has 2 nitrogen and oxygen atoms in total. The fourth-order valence-electron chi connectivity index (χ4n) is 12.8. The SMILES string of the molecule is c1ccc2c(N(c3c4ccccc4cc4ccccc34)c3ccc4ccc5c(N(c6c7ccccc7cc7ccccc67)c6c7ccccc7cc7ccccc67)ccc6ccc3c4c65)c3ccccc3cc2c1. The molecule has 0 saturated heterocycles. The molecule has 342 valence electrons. The highest BCUT2D eigenvalue weighted by molar-refractivity contribution is 6.32. The van der Waals surface area contributed by atoms with Gasteiger partial charge in [0.2, 0.25) is 0 Å². The second-order valence-corrected chi connectivity index (χ2v) is 19.9. The maximum Gasteiger partial charge on any atom is 0.0619 e. The minimum Gasteiger partial charge on any atom is -0.307 e. The van der Waals surface area contributed by atoms with E-state index in [2.05, 4.69) is 277 Å². The molecule has 2 heteroatoms. The Bertz CT molecular complexity index is 4220. The summed E-state index contributed by atoms with van der Waals surface area (Å²) in [4.78, 5) is 5.25. The highest BCUT2D eigenvalue weighted by atomic mass is 15.2. The number of hydrogen-bond donors (Lipinski definition) is 0. The third-order valence-electron chi connectivity index (χ3n) is 16.0. The first-order valence-electron chi connectivity index (χ1n) is 25.7. The first-order chi connectivity index (χ1) is 36.7. The van der Waals surface area contributed by atoms with Crippen molar-refractivity contribution in [3.63, 3.8) is 0 Å². The lowest BCUT2D eigenvalue weighted by atomic mass is 9.90. The zero-order valence-electron chi connectivity index (χ0n) is 40.3. The van der Waals surface area contributed by atoms with Crippen molar-refractivity contribution < 1.29 is 0 Å². The molecule has 0 atom stereocenters. The number of nitrogens with zero attached hydrogens (tertiary/aromatic N) is 2. The standard InChI is InChI=1S/C72H44N2/c1-9-25-55-47(17-1)41-48-18-2-10-26-56(48)69(55)73(70-57-27-11-3-19-49(57)42-50-20-4-12-28-58(50)70)65-39-35-45-34-38-64-66(40-36-46-33-37-63(65)67(45)68(46)64)74(71-59-29-13-5-21-51(59)43-52-22-6-14-30-60(52)71)72-61-31-15-7-23-53(61)44-54-24-8-16-32-62(54)72/h1-44H. The van der Waals surface area contributed by atoms with Gasteiger partial charge in [0.25, 0.3) is 0 Å². The van der Waals surface area contributed by atoms with E-state index >= 15 is 0 Å². The van der Waals surface area contributed by atoms with Gasteiger partial charge in [-0.3, -0.25) is 0 Å². The summed E-state index contributed by atoms with van der Waals surface area (Å²) in [5.41, 5.74) is 6.97. The summed E-state index contributed by atoms with van der Waals surface area (Å²) in [6.07, 6.45) is 0. The Balaban J connectivity index is 1.06. The minimum atomic E-state index is 1.14. The average Bonchev–Trinajstić information content (AvgIpc) is 3.47. The van der Waals surface area contributed by atoms with E-state index in [0.29, 0.717) is 0 Å². The number of fused-ring (bicyclic) bond motifs is 8. The molecular formula is C72H44N2. The zero-order valence-corrected chi connectivity index (χ0v) is 40.3. The molecular weight excluding hydrogens is 893 g/mol. The molecule has 16 aromatic carbocycles. The lowest BCUT2D eigenvalue weighted by Gasteiger charge is -2.33. The van der Waals surface area contributed by atoms with E-state index in [1.165, 1.54) is 141 Å². The van der Waals surface area contributed by atoms with Crippen LogP contribution in [0.4, 0.5) is 34.1 Å². The first-order valence-corrected chi connectivity index (χ1v) is 25.7. The number of anilines is 6. The van der Waals surface area contributed by atoms with Crippen molar-refractivity contribution in [2.75, 3.05) is 9.80 Å². The predicted octanol–water partition coefficient (Wildman–Crippen LogP) is 20.7. The van der Waals surface area contributed by atoms with Crippen LogP contribution in [0, 0.1) is 0 Å². The first kappa shape index (κ1) is 40.9. The van der Waals surface area contributed by atoms with Gasteiger partial charge in [-0.05, 0) is 101 Å². The van der Waals surface area contributed by atoms with Crippen molar-refractivity contribution >= 4 is 153 Å². The summed E-state index contributed by atoms with van der Waals surface area (Å²) in [5, 5.41) is 26.6. The predicted molar refractivity (Wildman–Crippen MR) is 320 cm³/mol. The van der Waals surface area contributed by atoms with Gasteiger partial charge in [-0.2, -0.15) is 0 Å². The maximum absolute atomic E-state index is 2.62. The van der Waals surface area contributed by atoms with Crippen LogP contribution in [0.5, 0.6) is 0 Å². The van der Waals surface area contributed by atoms with E-state index in [4.69, 9.17) is 0 Å². The Morgan fingerprint density at radius 1 is 0.162 bits per heavy atom. The van der Waals surface area contributed by atoms with E-state index in [9.17, 15) is 0 Å². The minimum absolute atomic E-state index is 1.14. The monoisotopic (exact) mass is 936 g/mol. The van der Waals surface area contributed by atoms with Crippen molar-refractivity contribution in [2.24, 2.45) is 0 Å². The molecule has 0 N–H and O–H groups in total. The summed E-state index contributed by atoms with van der Waals surface area (Å²) in [5.74, 6) is 0. The molecule has 0 spiro atoms. The molecule has 0 saturated carbocycles. The molecule has 16 aromatic rings. The second-order valence-electron chi connectivity index (χ2n) is 19.9. The second kappa shape index (κ2) is 15.9. The van der Waals surface area contributed by atoms with Crippen LogP contribution in [0.1, 0.15) is 0 Å². The molecule has 0 aromatic heterocycles. The van der Waals surface area contributed by atoms with E-state index in [1.54, 1.807) is 0 Å². The van der Waals surface area contributed by atoms with Gasteiger partial charge >= 0.3 is 0 Å². The molecule has 0 fully saturated rings. The van der Waals surface area contributed by atoms with Gasteiger partial charge in [0.15, 0.2) is 0 Å². The summed E-state index contributed by atoms with van der Waals surface area (Å²) in [6.45, 7) is 0. The Labute approximate surface area is 427 Å². The van der Waals surface area contributed by atoms with Crippen molar-refractivity contribution in [3.05, 3.63) is 267 Å². The van der Waals surface area contributed by atoms with Crippen molar-refractivity contribution in [1.29, 1.82) is 0 Å². The van der Waals surface area contributed by atoms with E-state index < -0.39 is 0 Å². The third kappa shape index (κ3) is 5.94. The molecule has 0 heterocycles. The van der Waals surface area contributed by atoms with Crippen LogP contribution in [0.2, 0.25) is 0 Å². The van der Waals surface area contributed by atoms with Gasteiger partial charge in [0, 0.05) is 53.9 Å². The van der Waals surface area contributed by atoms with Crippen LogP contribution in [0.25, 0.3) is 118 Å². The summed E-state index contributed by atoms with van der Waals surface area (Å²) in [6, 6.07) is 99.8. The Hall–Kier alpha value is -9.76. The van der Waals surface area contributed by atoms with Crippen molar-refractivity contribution in [1.82, 2.24) is 0 Å². The topological polar surface area (TPSA) is 6.48 Å². The largest absolute Gasteiger partial charge is 0.307 e. The van der Waals surface area contributed by atoms with E-state index in [-0.39, 0.29) is 0 Å². The quantitative estimate of drug-likeness (QED) is 0.121. The van der Waals surface area contributed by atoms with Gasteiger partial charge in [-0.15, -0.1) is 0 Å². The van der Waals surface area contributed by atoms with Gasteiger partial charge in [-0.25, -0.2) is 0 Å². The van der Waals surface area contributed by atoms with Crippen LogP contribution in [-0.4, -0.2) is 0 Å². The molecule has 0 unspecified atom stereocenters. The molecule has 0 radical (unpaired) electrons. The van der Waals surface area contributed by atoms with Crippen LogP contribution < -0.4 is 9.80 Å². The highest BCUT2D eigenvalue weighted by Gasteiger charge is 2.28. The summed E-state index contributed by atoms with van der Waals surface area (Å²) >= 11 is 0. The normalized spacial score (nSPS) is 12.1. The molecule has 0 aliphatic heterocycles. The summed E-state index contributed by atoms with van der Waals surface area (Å²) in [7, 11) is 0. The average molecular weight is 937 g/mol. The fourth-order valence-corrected chi connectivity index (χ4v) is 12.8. The van der Waals surface area contributed by atoms with Gasteiger partial charge in [0.05, 0.1) is 34.1 Å². The smallest absolute Gasteiger partial charge is 0.0619 e. The van der Waals surface area contributed by atoms with Crippen molar-refractivity contribution in [3.8, 4) is 0 Å². The highest BCUT2D eigenvalue weighted by Crippen LogP contribution is 2.55. The van der Waals surface area contributed by atoms with Gasteiger partial charge < -0.3 is 9.80 Å². The van der Waals surface area contributed by atoms with Gasteiger partial charge in [0.1, 0.15) is 0 Å². The molecule has 0 aliphatic rings. The number of benzene rings is 16. The lowest BCUT2D eigenvalue weighted by molar-refractivity contribution is 1.36. The van der Waals surface area contributed by atoms with E-state index in [0.717, 1.165) is 11.4 Å². The molecule has 0 bridgehead atoms. The Kier molecular flexibility index (Phi) is 8.78. The molecule has 0 aliphatic carbocycles. The van der Waals surface area contributed by atoms with Crippen LogP contribution >= 0.6 is 0 Å².